The van der Waals surface area contributed by atoms with E-state index in [0.717, 1.165) is 17.0 Å². The highest BCUT2D eigenvalue weighted by Crippen LogP contribution is 2.13. The van der Waals surface area contributed by atoms with Crippen LogP contribution >= 0.6 is 0 Å². The number of hydrogen-bond acceptors (Lipinski definition) is 5. The Hall–Kier alpha value is -2.96. The smallest absolute Gasteiger partial charge is 0.343 e. The Morgan fingerprint density at radius 1 is 1.24 bits per heavy atom. The number of esters is 1. The van der Waals surface area contributed by atoms with E-state index in [1.165, 1.54) is 6.20 Å². The Balaban J connectivity index is 2.21. The van der Waals surface area contributed by atoms with Gasteiger partial charge in [-0.3, -0.25) is 9.78 Å². The van der Waals surface area contributed by atoms with Crippen LogP contribution in [0.15, 0.2) is 41.3 Å². The molecule has 0 bridgehead atoms. The number of aromatic nitrogens is 3. The standard InChI is InChI=1S/C18H18BN3O3/c1-3-25-18(24)14-10-22(9-12-5-4-6-15(19)21-12)17-13(16(14)23)8-7-11(2)20-17/h4-8,10H,3,9,19H2,1-2H3. The molecule has 6 nitrogen and oxygen atoms in total. The second kappa shape index (κ2) is 6.89. The minimum atomic E-state index is -0.624. The maximum absolute atomic E-state index is 12.6. The van der Waals surface area contributed by atoms with Crippen molar-refractivity contribution in [2.45, 2.75) is 20.4 Å². The number of carbonyl (C=O) groups excluding carboxylic acids is 1. The maximum Gasteiger partial charge on any atom is 0.343 e. The lowest BCUT2D eigenvalue weighted by Crippen LogP contribution is -2.22. The van der Waals surface area contributed by atoms with Crippen LogP contribution in [0.5, 0.6) is 0 Å². The van der Waals surface area contributed by atoms with Crippen LogP contribution in [0, 0.1) is 6.92 Å². The van der Waals surface area contributed by atoms with Gasteiger partial charge in [-0.15, -0.1) is 0 Å². The third-order valence-corrected chi connectivity index (χ3v) is 3.83. The SMILES string of the molecule is Bc1cccc(Cn2cc(C(=O)OCC)c(=O)c3ccc(C)nc32)n1. The number of ether oxygens (including phenoxy) is 1. The van der Waals surface area contributed by atoms with E-state index in [4.69, 9.17) is 4.74 Å². The molecule has 0 atom stereocenters. The molecule has 0 aliphatic heterocycles. The summed E-state index contributed by atoms with van der Waals surface area (Å²) < 4.78 is 6.79. The summed E-state index contributed by atoms with van der Waals surface area (Å²) in [6, 6.07) is 9.19. The fourth-order valence-corrected chi connectivity index (χ4v) is 2.70. The molecule has 0 saturated carbocycles. The molecule has 0 N–H and O–H groups in total. The minimum Gasteiger partial charge on any atom is -0.462 e. The molecule has 0 radical (unpaired) electrons. The quantitative estimate of drug-likeness (QED) is 0.515. The molecule has 0 saturated heterocycles. The van der Waals surface area contributed by atoms with Crippen molar-refractivity contribution in [1.82, 2.24) is 14.5 Å². The zero-order valence-corrected chi connectivity index (χ0v) is 14.4. The van der Waals surface area contributed by atoms with Crippen LogP contribution in [0.3, 0.4) is 0 Å². The van der Waals surface area contributed by atoms with E-state index < -0.39 is 5.97 Å². The molecule has 3 aromatic heterocycles. The van der Waals surface area contributed by atoms with Crippen molar-refractivity contribution in [3.8, 4) is 0 Å². The summed E-state index contributed by atoms with van der Waals surface area (Å²) in [5.74, 6) is -0.624. The van der Waals surface area contributed by atoms with Gasteiger partial charge in [-0.2, -0.15) is 0 Å². The van der Waals surface area contributed by atoms with Gasteiger partial charge < -0.3 is 9.30 Å². The van der Waals surface area contributed by atoms with Crippen molar-refractivity contribution < 1.29 is 9.53 Å². The summed E-state index contributed by atoms with van der Waals surface area (Å²) >= 11 is 0. The van der Waals surface area contributed by atoms with Crippen LogP contribution in [0.4, 0.5) is 0 Å². The van der Waals surface area contributed by atoms with Gasteiger partial charge in [0.25, 0.3) is 0 Å². The van der Waals surface area contributed by atoms with Crippen LogP contribution in [0.25, 0.3) is 11.0 Å². The molecule has 0 aliphatic rings. The van der Waals surface area contributed by atoms with Crippen LogP contribution in [0.1, 0.15) is 28.7 Å². The zero-order chi connectivity index (χ0) is 18.0. The van der Waals surface area contributed by atoms with Gasteiger partial charge in [-0.05, 0) is 37.6 Å². The number of carbonyl (C=O) groups is 1. The average Bonchev–Trinajstić information content (AvgIpc) is 2.57. The molecule has 0 amide bonds. The molecule has 7 heteroatoms. The third-order valence-electron chi connectivity index (χ3n) is 3.83. The Morgan fingerprint density at radius 3 is 2.76 bits per heavy atom. The molecule has 0 aromatic carbocycles. The van der Waals surface area contributed by atoms with Crippen LogP contribution in [-0.2, 0) is 11.3 Å². The van der Waals surface area contributed by atoms with Crippen LogP contribution < -0.4 is 11.0 Å². The Morgan fingerprint density at radius 2 is 2.04 bits per heavy atom. The highest BCUT2D eigenvalue weighted by Gasteiger charge is 2.17. The molecule has 0 fully saturated rings. The van der Waals surface area contributed by atoms with Crippen LogP contribution in [-0.4, -0.2) is 35.0 Å². The molecule has 3 rings (SSSR count). The Bertz CT molecular complexity index is 1010. The van der Waals surface area contributed by atoms with E-state index >= 15 is 0 Å². The summed E-state index contributed by atoms with van der Waals surface area (Å²) in [6.45, 7) is 4.18. The van der Waals surface area contributed by atoms with Gasteiger partial charge in [0.05, 0.1) is 24.2 Å². The number of hydrogen-bond donors (Lipinski definition) is 0. The molecule has 0 spiro atoms. The predicted octanol–water partition coefficient (Wildman–Crippen LogP) is 0.583. The van der Waals surface area contributed by atoms with Crippen molar-refractivity contribution in [3.05, 3.63) is 63.7 Å². The van der Waals surface area contributed by atoms with E-state index in [9.17, 15) is 9.59 Å². The highest BCUT2D eigenvalue weighted by molar-refractivity contribution is 6.30. The van der Waals surface area contributed by atoms with Crippen molar-refractivity contribution >= 4 is 30.4 Å². The predicted molar refractivity (Wildman–Crippen MR) is 98.2 cm³/mol. The number of pyridine rings is 3. The molecule has 3 aromatic rings. The number of fused-ring (bicyclic) bond motifs is 1. The van der Waals surface area contributed by atoms with Gasteiger partial charge in [0.15, 0.2) is 7.85 Å². The van der Waals surface area contributed by atoms with Crippen molar-refractivity contribution in [1.29, 1.82) is 0 Å². The lowest BCUT2D eigenvalue weighted by atomic mass is 10.0. The van der Waals surface area contributed by atoms with Gasteiger partial charge in [-0.25, -0.2) is 9.78 Å². The van der Waals surface area contributed by atoms with Crippen molar-refractivity contribution in [2.75, 3.05) is 6.61 Å². The summed E-state index contributed by atoms with van der Waals surface area (Å²) in [5, 5.41) is 0.392. The lowest BCUT2D eigenvalue weighted by molar-refractivity contribution is 0.0524. The summed E-state index contributed by atoms with van der Waals surface area (Å²) in [4.78, 5) is 33.8. The maximum atomic E-state index is 12.6. The van der Waals surface area contributed by atoms with E-state index in [-0.39, 0.29) is 17.6 Å². The molecule has 0 aliphatic carbocycles. The summed E-state index contributed by atoms with van der Waals surface area (Å²) in [7, 11) is 1.92. The Kier molecular flexibility index (Phi) is 4.65. The third kappa shape index (κ3) is 3.45. The van der Waals surface area contributed by atoms with Gasteiger partial charge >= 0.3 is 5.97 Å². The largest absolute Gasteiger partial charge is 0.462 e. The summed E-state index contributed by atoms with van der Waals surface area (Å²) in [5.41, 5.74) is 2.69. The minimum absolute atomic E-state index is 0.00709. The van der Waals surface area contributed by atoms with Gasteiger partial charge in [0, 0.05) is 11.9 Å². The normalized spacial score (nSPS) is 10.8. The van der Waals surface area contributed by atoms with Crippen LogP contribution in [0.2, 0.25) is 0 Å². The molecular formula is C18H18BN3O3. The van der Waals surface area contributed by atoms with Crippen molar-refractivity contribution in [3.63, 3.8) is 0 Å². The second-order valence-corrected chi connectivity index (χ2v) is 5.81. The lowest BCUT2D eigenvalue weighted by Gasteiger charge is -2.13. The number of aryl methyl sites for hydroxylation is 1. The van der Waals surface area contributed by atoms with E-state index in [1.54, 1.807) is 23.6 Å². The molecule has 0 unspecified atom stereocenters. The van der Waals surface area contributed by atoms with Gasteiger partial charge in [-0.1, -0.05) is 12.1 Å². The number of nitrogens with zero attached hydrogens (tertiary/aromatic N) is 3. The fourth-order valence-electron chi connectivity index (χ4n) is 2.70. The second-order valence-electron chi connectivity index (χ2n) is 5.81. The topological polar surface area (TPSA) is 74.1 Å². The number of rotatable bonds is 4. The van der Waals surface area contributed by atoms with Gasteiger partial charge in [0.1, 0.15) is 11.2 Å². The zero-order valence-electron chi connectivity index (χ0n) is 14.4. The van der Waals surface area contributed by atoms with E-state index in [2.05, 4.69) is 9.97 Å². The van der Waals surface area contributed by atoms with E-state index in [0.29, 0.717) is 17.6 Å². The molecule has 126 valence electrons. The first kappa shape index (κ1) is 16.9. The molecular weight excluding hydrogens is 317 g/mol. The first-order chi connectivity index (χ1) is 12.0. The Labute approximate surface area is 145 Å². The fraction of sp³-hybridized carbons (Fsp3) is 0.222. The first-order valence-electron chi connectivity index (χ1n) is 8.10. The average molecular weight is 335 g/mol. The highest BCUT2D eigenvalue weighted by atomic mass is 16.5. The summed E-state index contributed by atoms with van der Waals surface area (Å²) in [6.07, 6.45) is 1.51. The van der Waals surface area contributed by atoms with Gasteiger partial charge in [0.2, 0.25) is 5.43 Å². The van der Waals surface area contributed by atoms with Crippen molar-refractivity contribution in [2.24, 2.45) is 0 Å². The van der Waals surface area contributed by atoms with E-state index in [1.807, 2.05) is 33.0 Å². The molecule has 25 heavy (non-hydrogen) atoms. The first-order valence-corrected chi connectivity index (χ1v) is 8.10. The monoisotopic (exact) mass is 335 g/mol. The molecule has 3 heterocycles.